The molecule has 1 aromatic carbocycles. The lowest BCUT2D eigenvalue weighted by atomic mass is 10.3. The number of aryl methyl sites for hydroxylation is 1. The Hall–Kier alpha value is -1.35. The lowest BCUT2D eigenvalue weighted by Gasteiger charge is -2.03. The largest absolute Gasteiger partial charge is 0.216 e. The molecule has 0 fully saturated rings. The average molecular weight is 194 g/mol. The third-order valence-corrected chi connectivity index (χ3v) is 2.12. The number of rotatable bonds is 1. The zero-order valence-electron chi connectivity index (χ0n) is 7.11. The second-order valence-electron chi connectivity index (χ2n) is 2.74. The van der Waals surface area contributed by atoms with Gasteiger partial charge in [-0.15, -0.1) is 5.10 Å². The van der Waals surface area contributed by atoms with Crippen LogP contribution < -0.4 is 0 Å². The number of nitrogens with zero attached hydrogens (tertiary/aromatic N) is 3. The van der Waals surface area contributed by atoms with E-state index in [-0.39, 0.29) is 0 Å². The summed E-state index contributed by atoms with van der Waals surface area (Å²) in [7, 11) is 0. The third kappa shape index (κ3) is 1.42. The standard InChI is InChI=1S/C9H8ClN3/c1-7-6-11-12-13(7)9-5-3-2-4-8(9)10/h2-6H,1H3. The first-order valence-electron chi connectivity index (χ1n) is 3.91. The van der Waals surface area contributed by atoms with Gasteiger partial charge in [0.05, 0.1) is 22.6 Å². The van der Waals surface area contributed by atoms with Gasteiger partial charge in [0.1, 0.15) is 0 Å². The maximum absolute atomic E-state index is 6.00. The molecule has 2 rings (SSSR count). The van der Waals surface area contributed by atoms with Gasteiger partial charge >= 0.3 is 0 Å². The first kappa shape index (κ1) is 8.26. The van der Waals surface area contributed by atoms with Crippen LogP contribution in [0, 0.1) is 6.92 Å². The molecule has 1 heterocycles. The molecule has 13 heavy (non-hydrogen) atoms. The second kappa shape index (κ2) is 3.18. The summed E-state index contributed by atoms with van der Waals surface area (Å²) in [5, 5.41) is 8.40. The number of hydrogen-bond acceptors (Lipinski definition) is 2. The van der Waals surface area contributed by atoms with Gasteiger partial charge in [-0.2, -0.15) is 0 Å². The quantitative estimate of drug-likeness (QED) is 0.696. The predicted octanol–water partition coefficient (Wildman–Crippen LogP) is 2.23. The van der Waals surface area contributed by atoms with Crippen molar-refractivity contribution >= 4 is 11.6 Å². The van der Waals surface area contributed by atoms with Crippen LogP contribution in [-0.2, 0) is 0 Å². The summed E-state index contributed by atoms with van der Waals surface area (Å²) in [6.07, 6.45) is 1.70. The zero-order chi connectivity index (χ0) is 9.26. The predicted molar refractivity (Wildman–Crippen MR) is 51.1 cm³/mol. The Morgan fingerprint density at radius 2 is 2.08 bits per heavy atom. The summed E-state index contributed by atoms with van der Waals surface area (Å²) in [6, 6.07) is 7.54. The van der Waals surface area contributed by atoms with E-state index >= 15 is 0 Å². The van der Waals surface area contributed by atoms with E-state index in [2.05, 4.69) is 10.3 Å². The molecule has 0 saturated heterocycles. The smallest absolute Gasteiger partial charge is 0.0852 e. The summed E-state index contributed by atoms with van der Waals surface area (Å²) in [4.78, 5) is 0. The van der Waals surface area contributed by atoms with Gasteiger partial charge in [0.15, 0.2) is 0 Å². The van der Waals surface area contributed by atoms with Crippen molar-refractivity contribution in [2.24, 2.45) is 0 Å². The van der Waals surface area contributed by atoms with Crippen molar-refractivity contribution in [3.05, 3.63) is 41.2 Å². The van der Waals surface area contributed by atoms with Crippen molar-refractivity contribution in [1.29, 1.82) is 0 Å². The van der Waals surface area contributed by atoms with Gasteiger partial charge in [-0.05, 0) is 19.1 Å². The highest BCUT2D eigenvalue weighted by molar-refractivity contribution is 6.32. The Labute approximate surface area is 81.0 Å². The highest BCUT2D eigenvalue weighted by Gasteiger charge is 2.04. The zero-order valence-corrected chi connectivity index (χ0v) is 7.86. The maximum atomic E-state index is 6.00. The van der Waals surface area contributed by atoms with Crippen LogP contribution in [0.4, 0.5) is 0 Å². The van der Waals surface area contributed by atoms with Gasteiger partial charge in [0.2, 0.25) is 0 Å². The molecule has 66 valence electrons. The lowest BCUT2D eigenvalue weighted by molar-refractivity contribution is 0.785. The molecule has 0 aliphatic carbocycles. The van der Waals surface area contributed by atoms with Crippen LogP contribution in [0.1, 0.15) is 5.69 Å². The number of hydrogen-bond donors (Lipinski definition) is 0. The first-order chi connectivity index (χ1) is 6.29. The molecule has 0 N–H and O–H groups in total. The molecular formula is C9H8ClN3. The summed E-state index contributed by atoms with van der Waals surface area (Å²) in [5.41, 5.74) is 1.83. The third-order valence-electron chi connectivity index (χ3n) is 1.80. The maximum Gasteiger partial charge on any atom is 0.0852 e. The number of aromatic nitrogens is 3. The monoisotopic (exact) mass is 193 g/mol. The van der Waals surface area contributed by atoms with Crippen LogP contribution in [0.15, 0.2) is 30.5 Å². The molecule has 2 aromatic rings. The summed E-state index contributed by atoms with van der Waals surface area (Å²) < 4.78 is 1.71. The molecule has 0 atom stereocenters. The van der Waals surface area contributed by atoms with Crippen molar-refractivity contribution in [2.45, 2.75) is 6.92 Å². The van der Waals surface area contributed by atoms with E-state index < -0.39 is 0 Å². The second-order valence-corrected chi connectivity index (χ2v) is 3.15. The van der Waals surface area contributed by atoms with Crippen molar-refractivity contribution < 1.29 is 0 Å². The molecule has 3 nitrogen and oxygen atoms in total. The fourth-order valence-electron chi connectivity index (χ4n) is 1.15. The Bertz CT molecular complexity index is 422. The molecule has 0 bridgehead atoms. The Morgan fingerprint density at radius 1 is 1.31 bits per heavy atom. The van der Waals surface area contributed by atoms with E-state index in [1.807, 2.05) is 31.2 Å². The van der Waals surface area contributed by atoms with E-state index in [1.165, 1.54) is 0 Å². The lowest BCUT2D eigenvalue weighted by Crippen LogP contribution is -1.99. The van der Waals surface area contributed by atoms with E-state index in [4.69, 9.17) is 11.6 Å². The normalized spacial score (nSPS) is 10.3. The average Bonchev–Trinajstić information content (AvgIpc) is 2.52. The molecule has 0 aliphatic heterocycles. The minimum atomic E-state index is 0.677. The van der Waals surface area contributed by atoms with Gasteiger partial charge in [0.25, 0.3) is 0 Å². The van der Waals surface area contributed by atoms with Crippen LogP contribution in [0.2, 0.25) is 5.02 Å². The molecule has 0 radical (unpaired) electrons. The van der Waals surface area contributed by atoms with E-state index in [9.17, 15) is 0 Å². The number of para-hydroxylation sites is 1. The topological polar surface area (TPSA) is 30.7 Å². The highest BCUT2D eigenvalue weighted by atomic mass is 35.5. The minimum absolute atomic E-state index is 0.677. The van der Waals surface area contributed by atoms with Crippen LogP contribution >= 0.6 is 11.6 Å². The van der Waals surface area contributed by atoms with Gasteiger partial charge in [-0.25, -0.2) is 4.68 Å². The first-order valence-corrected chi connectivity index (χ1v) is 4.29. The summed E-state index contributed by atoms with van der Waals surface area (Å²) >= 11 is 6.00. The molecular weight excluding hydrogens is 186 g/mol. The van der Waals surface area contributed by atoms with Crippen molar-refractivity contribution in [3.8, 4) is 5.69 Å². The van der Waals surface area contributed by atoms with E-state index in [0.29, 0.717) is 5.02 Å². The van der Waals surface area contributed by atoms with Crippen molar-refractivity contribution in [3.63, 3.8) is 0 Å². The van der Waals surface area contributed by atoms with Gasteiger partial charge in [0, 0.05) is 0 Å². The van der Waals surface area contributed by atoms with Gasteiger partial charge < -0.3 is 0 Å². The molecule has 0 unspecified atom stereocenters. The van der Waals surface area contributed by atoms with Crippen LogP contribution in [0.25, 0.3) is 5.69 Å². The molecule has 0 amide bonds. The molecule has 0 aliphatic rings. The van der Waals surface area contributed by atoms with Crippen LogP contribution in [0.5, 0.6) is 0 Å². The molecule has 4 heteroatoms. The van der Waals surface area contributed by atoms with Gasteiger partial charge in [-0.1, -0.05) is 28.9 Å². The summed E-state index contributed by atoms with van der Waals surface area (Å²) in [5.74, 6) is 0. The molecule has 0 spiro atoms. The summed E-state index contributed by atoms with van der Waals surface area (Å²) in [6.45, 7) is 1.93. The fourth-order valence-corrected chi connectivity index (χ4v) is 1.36. The molecule has 0 saturated carbocycles. The van der Waals surface area contributed by atoms with E-state index in [1.54, 1.807) is 10.9 Å². The van der Waals surface area contributed by atoms with Gasteiger partial charge in [-0.3, -0.25) is 0 Å². The Balaban J connectivity index is 2.59. The Kier molecular flexibility index (Phi) is 2.02. The minimum Gasteiger partial charge on any atom is -0.216 e. The molecule has 1 aromatic heterocycles. The van der Waals surface area contributed by atoms with Crippen LogP contribution in [0.3, 0.4) is 0 Å². The highest BCUT2D eigenvalue weighted by Crippen LogP contribution is 2.19. The SMILES string of the molecule is Cc1cnnn1-c1ccccc1Cl. The van der Waals surface area contributed by atoms with E-state index in [0.717, 1.165) is 11.4 Å². The van der Waals surface area contributed by atoms with Crippen molar-refractivity contribution in [2.75, 3.05) is 0 Å². The Morgan fingerprint density at radius 3 is 2.69 bits per heavy atom. The number of benzene rings is 1. The van der Waals surface area contributed by atoms with Crippen molar-refractivity contribution in [1.82, 2.24) is 15.0 Å². The van der Waals surface area contributed by atoms with Crippen LogP contribution in [-0.4, -0.2) is 15.0 Å². The fraction of sp³-hybridized carbons (Fsp3) is 0.111. The number of halogens is 1.